The molecule has 5 nitrogen and oxygen atoms in total. The van der Waals surface area contributed by atoms with Crippen molar-refractivity contribution in [3.05, 3.63) is 23.8 Å². The number of rotatable bonds is 6. The molecule has 128 valence electrons. The lowest BCUT2D eigenvalue weighted by molar-refractivity contribution is 0.156. The lowest BCUT2D eigenvalue weighted by atomic mass is 9.94. The number of benzene rings is 1. The zero-order chi connectivity index (χ0) is 16.7. The summed E-state index contributed by atoms with van der Waals surface area (Å²) in [6.07, 6.45) is 4.45. The van der Waals surface area contributed by atoms with Gasteiger partial charge in [-0.05, 0) is 50.2 Å². The molecule has 2 rings (SSSR count). The number of urea groups is 1. The van der Waals surface area contributed by atoms with E-state index in [0.29, 0.717) is 5.92 Å². The van der Waals surface area contributed by atoms with Crippen molar-refractivity contribution in [1.29, 1.82) is 0 Å². The van der Waals surface area contributed by atoms with Gasteiger partial charge in [0.05, 0.1) is 7.11 Å². The van der Waals surface area contributed by atoms with E-state index in [0.717, 1.165) is 56.0 Å². The summed E-state index contributed by atoms with van der Waals surface area (Å²) < 4.78 is 10.4. The first-order chi connectivity index (χ1) is 11.1. The highest BCUT2D eigenvalue weighted by atomic mass is 16.5. The maximum atomic E-state index is 12.5. The molecule has 1 atom stereocenters. The van der Waals surface area contributed by atoms with Crippen molar-refractivity contribution in [3.8, 4) is 5.75 Å². The van der Waals surface area contributed by atoms with Crippen LogP contribution in [0.2, 0.25) is 0 Å². The zero-order valence-electron chi connectivity index (χ0n) is 14.4. The number of ether oxygens (including phenoxy) is 2. The van der Waals surface area contributed by atoms with Crippen LogP contribution in [0.3, 0.4) is 0 Å². The van der Waals surface area contributed by atoms with Gasteiger partial charge >= 0.3 is 6.03 Å². The summed E-state index contributed by atoms with van der Waals surface area (Å²) >= 11 is 0. The maximum absolute atomic E-state index is 12.5. The molecule has 0 saturated carbocycles. The van der Waals surface area contributed by atoms with Crippen LogP contribution >= 0.6 is 0 Å². The lowest BCUT2D eigenvalue weighted by Gasteiger charge is -2.32. The van der Waals surface area contributed by atoms with Crippen LogP contribution in [-0.2, 0) is 4.74 Å². The molecule has 1 aromatic rings. The van der Waals surface area contributed by atoms with Gasteiger partial charge in [0.15, 0.2) is 0 Å². The minimum atomic E-state index is -0.0210. The van der Waals surface area contributed by atoms with Crippen molar-refractivity contribution in [2.24, 2.45) is 5.92 Å². The first-order valence-corrected chi connectivity index (χ1v) is 8.33. The van der Waals surface area contributed by atoms with Gasteiger partial charge in [0.25, 0.3) is 0 Å². The Hall–Kier alpha value is -1.75. The van der Waals surface area contributed by atoms with Crippen molar-refractivity contribution in [2.75, 3.05) is 39.2 Å². The minimum absolute atomic E-state index is 0.0210. The number of likely N-dealkylation sites (tertiary alicyclic amines) is 1. The van der Waals surface area contributed by atoms with Crippen molar-refractivity contribution in [1.82, 2.24) is 4.90 Å². The Labute approximate surface area is 139 Å². The molecule has 23 heavy (non-hydrogen) atoms. The zero-order valence-corrected chi connectivity index (χ0v) is 14.4. The molecule has 1 heterocycles. The van der Waals surface area contributed by atoms with Gasteiger partial charge in [0, 0.05) is 38.6 Å². The number of nitrogens with zero attached hydrogens (tertiary/aromatic N) is 1. The van der Waals surface area contributed by atoms with Crippen molar-refractivity contribution < 1.29 is 14.3 Å². The Kier molecular flexibility index (Phi) is 6.71. The summed E-state index contributed by atoms with van der Waals surface area (Å²) in [7, 11) is 3.37. The molecule has 0 bridgehead atoms. The third-order valence-electron chi connectivity index (χ3n) is 4.43. The summed E-state index contributed by atoms with van der Waals surface area (Å²) in [5.74, 6) is 1.37. The van der Waals surface area contributed by atoms with Crippen LogP contribution in [0.4, 0.5) is 10.5 Å². The molecule has 1 aromatic carbocycles. The van der Waals surface area contributed by atoms with E-state index in [1.54, 1.807) is 14.2 Å². The second kappa shape index (κ2) is 8.77. The van der Waals surface area contributed by atoms with E-state index in [1.165, 1.54) is 6.42 Å². The summed E-state index contributed by atoms with van der Waals surface area (Å²) in [5.41, 5.74) is 1.83. The molecule has 0 spiro atoms. The highest BCUT2D eigenvalue weighted by molar-refractivity contribution is 5.89. The lowest BCUT2D eigenvalue weighted by Crippen LogP contribution is -2.42. The Morgan fingerprint density at radius 3 is 2.96 bits per heavy atom. The Balaban J connectivity index is 1.89. The van der Waals surface area contributed by atoms with Crippen LogP contribution in [0, 0.1) is 12.8 Å². The van der Waals surface area contributed by atoms with Gasteiger partial charge in [0.1, 0.15) is 5.75 Å². The summed E-state index contributed by atoms with van der Waals surface area (Å²) in [6, 6.07) is 5.72. The van der Waals surface area contributed by atoms with E-state index < -0.39 is 0 Å². The fourth-order valence-corrected chi connectivity index (χ4v) is 3.10. The standard InChI is InChI=1S/C18H28N2O3/c1-14-8-9-16(12-17(14)23-3)19-18(21)20-10-4-6-15(13-20)7-5-11-22-2/h8-9,12,15H,4-7,10-11,13H2,1-3H3,(H,19,21)/t15-/m1/s1. The average molecular weight is 320 g/mol. The number of anilines is 1. The van der Waals surface area contributed by atoms with Crippen LogP contribution in [0.15, 0.2) is 18.2 Å². The number of hydrogen-bond donors (Lipinski definition) is 1. The van der Waals surface area contributed by atoms with Crippen LogP contribution in [0.25, 0.3) is 0 Å². The first-order valence-electron chi connectivity index (χ1n) is 8.33. The monoisotopic (exact) mass is 320 g/mol. The summed E-state index contributed by atoms with van der Waals surface area (Å²) in [6.45, 7) is 4.44. The van der Waals surface area contributed by atoms with Gasteiger partial charge in [-0.1, -0.05) is 6.07 Å². The van der Waals surface area contributed by atoms with Crippen LogP contribution in [0.5, 0.6) is 5.75 Å². The van der Waals surface area contributed by atoms with Gasteiger partial charge in [0.2, 0.25) is 0 Å². The second-order valence-electron chi connectivity index (χ2n) is 6.20. The summed E-state index contributed by atoms with van der Waals surface area (Å²) in [4.78, 5) is 14.4. The number of methoxy groups -OCH3 is 2. The predicted octanol–water partition coefficient (Wildman–Crippen LogP) is 3.67. The predicted molar refractivity (Wildman–Crippen MR) is 92.2 cm³/mol. The number of piperidine rings is 1. The molecule has 0 radical (unpaired) electrons. The van der Waals surface area contributed by atoms with E-state index in [1.807, 2.05) is 30.0 Å². The second-order valence-corrected chi connectivity index (χ2v) is 6.20. The Bertz CT molecular complexity index is 519. The number of aryl methyl sites for hydroxylation is 1. The van der Waals surface area contributed by atoms with Gasteiger partial charge in [-0.2, -0.15) is 0 Å². The molecule has 1 fully saturated rings. The SMILES string of the molecule is COCCC[C@H]1CCCN(C(=O)Nc2ccc(C)c(OC)c2)C1. The van der Waals surface area contributed by atoms with E-state index in [-0.39, 0.29) is 6.03 Å². The average Bonchev–Trinajstić information content (AvgIpc) is 2.57. The van der Waals surface area contributed by atoms with Crippen LogP contribution in [-0.4, -0.2) is 44.8 Å². The Morgan fingerprint density at radius 2 is 2.22 bits per heavy atom. The minimum Gasteiger partial charge on any atom is -0.496 e. The molecule has 2 amide bonds. The van der Waals surface area contributed by atoms with Crippen molar-refractivity contribution >= 4 is 11.7 Å². The number of carbonyl (C=O) groups is 1. The maximum Gasteiger partial charge on any atom is 0.321 e. The van der Waals surface area contributed by atoms with Gasteiger partial charge in [-0.3, -0.25) is 0 Å². The number of amides is 2. The molecule has 1 saturated heterocycles. The Morgan fingerprint density at radius 1 is 1.39 bits per heavy atom. The number of nitrogens with one attached hydrogen (secondary N) is 1. The molecule has 5 heteroatoms. The molecule has 0 aliphatic carbocycles. The van der Waals surface area contributed by atoms with Crippen LogP contribution in [0.1, 0.15) is 31.2 Å². The van der Waals surface area contributed by atoms with Crippen LogP contribution < -0.4 is 10.1 Å². The van der Waals surface area contributed by atoms with Crippen molar-refractivity contribution in [2.45, 2.75) is 32.6 Å². The third kappa shape index (κ3) is 5.13. The molecule has 1 N–H and O–H groups in total. The third-order valence-corrected chi connectivity index (χ3v) is 4.43. The topological polar surface area (TPSA) is 50.8 Å². The van der Waals surface area contributed by atoms with E-state index in [9.17, 15) is 4.79 Å². The van der Waals surface area contributed by atoms with Gasteiger partial charge < -0.3 is 19.7 Å². The number of carbonyl (C=O) groups excluding carboxylic acids is 1. The quantitative estimate of drug-likeness (QED) is 0.814. The first kappa shape index (κ1) is 17.6. The normalized spacial score (nSPS) is 17.9. The van der Waals surface area contributed by atoms with Crippen molar-refractivity contribution in [3.63, 3.8) is 0 Å². The highest BCUT2D eigenvalue weighted by Gasteiger charge is 2.23. The highest BCUT2D eigenvalue weighted by Crippen LogP contribution is 2.24. The smallest absolute Gasteiger partial charge is 0.321 e. The summed E-state index contributed by atoms with van der Waals surface area (Å²) in [5, 5.41) is 2.98. The van der Waals surface area contributed by atoms with E-state index >= 15 is 0 Å². The van der Waals surface area contributed by atoms with Gasteiger partial charge in [-0.15, -0.1) is 0 Å². The molecule has 0 aromatic heterocycles. The molecular formula is C18H28N2O3. The largest absolute Gasteiger partial charge is 0.496 e. The van der Waals surface area contributed by atoms with Gasteiger partial charge in [-0.25, -0.2) is 4.79 Å². The number of hydrogen-bond acceptors (Lipinski definition) is 3. The van der Waals surface area contributed by atoms with E-state index in [4.69, 9.17) is 9.47 Å². The van der Waals surface area contributed by atoms with E-state index in [2.05, 4.69) is 5.32 Å². The fraction of sp³-hybridized carbons (Fsp3) is 0.611. The molecular weight excluding hydrogens is 292 g/mol. The fourth-order valence-electron chi connectivity index (χ4n) is 3.10. The molecule has 1 aliphatic rings. The molecule has 1 aliphatic heterocycles. The molecule has 0 unspecified atom stereocenters.